The smallest absolute Gasteiger partial charge is 0.350 e. The maximum absolute atomic E-state index is 13.5. The lowest BCUT2D eigenvalue weighted by Crippen LogP contribution is -2.43. The summed E-state index contributed by atoms with van der Waals surface area (Å²) in [4.78, 5) is 33.1. The quantitative estimate of drug-likeness (QED) is 0.208. The van der Waals surface area contributed by atoms with Gasteiger partial charge in [-0.3, -0.25) is 4.79 Å². The van der Waals surface area contributed by atoms with E-state index in [0.717, 1.165) is 27.6 Å². The SMILES string of the molecule is Cc1cc(/C=C/C(=O)c2cc3ccccc3nc2N2CCOCC2)cc(C)c1OC(C)(C)C(=O)OC(C)(C)C. The van der Waals surface area contributed by atoms with E-state index in [4.69, 9.17) is 19.2 Å². The monoisotopic (exact) mass is 530 g/mol. The number of ether oxygens (including phenoxy) is 3. The number of carbonyl (C=O) groups excluding carboxylic acids is 2. The first-order valence-electron chi connectivity index (χ1n) is 13.3. The van der Waals surface area contributed by atoms with Crippen molar-refractivity contribution in [2.45, 2.75) is 59.7 Å². The number of allylic oxidation sites excluding steroid dienone is 1. The van der Waals surface area contributed by atoms with Gasteiger partial charge in [0.25, 0.3) is 0 Å². The molecular weight excluding hydrogens is 492 g/mol. The Morgan fingerprint density at radius 3 is 2.26 bits per heavy atom. The zero-order valence-electron chi connectivity index (χ0n) is 24.0. The number of hydrogen-bond acceptors (Lipinski definition) is 7. The molecule has 4 rings (SSSR count). The summed E-state index contributed by atoms with van der Waals surface area (Å²) >= 11 is 0. The van der Waals surface area contributed by atoms with Gasteiger partial charge < -0.3 is 19.1 Å². The summed E-state index contributed by atoms with van der Waals surface area (Å²) in [7, 11) is 0. The zero-order valence-corrected chi connectivity index (χ0v) is 24.0. The Hall–Kier alpha value is -3.71. The van der Waals surface area contributed by atoms with Crippen molar-refractivity contribution in [3.8, 4) is 5.75 Å². The molecule has 2 aromatic carbocycles. The van der Waals surface area contributed by atoms with E-state index in [-0.39, 0.29) is 5.78 Å². The first-order chi connectivity index (χ1) is 18.3. The lowest BCUT2D eigenvalue weighted by Gasteiger charge is -2.30. The third kappa shape index (κ3) is 6.84. The van der Waals surface area contributed by atoms with Gasteiger partial charge in [0.15, 0.2) is 11.4 Å². The number of anilines is 1. The van der Waals surface area contributed by atoms with Crippen LogP contribution in [-0.4, -0.2) is 54.2 Å². The molecular formula is C32H38N2O5. The molecule has 0 bridgehead atoms. The Morgan fingerprint density at radius 2 is 1.62 bits per heavy atom. The summed E-state index contributed by atoms with van der Waals surface area (Å²) in [6.07, 6.45) is 3.40. The molecule has 39 heavy (non-hydrogen) atoms. The summed E-state index contributed by atoms with van der Waals surface area (Å²) in [6, 6.07) is 13.6. The van der Waals surface area contributed by atoms with Gasteiger partial charge in [-0.2, -0.15) is 0 Å². The lowest BCUT2D eigenvalue weighted by molar-refractivity contribution is -0.171. The van der Waals surface area contributed by atoms with Crippen LogP contribution in [0.1, 0.15) is 61.7 Å². The maximum Gasteiger partial charge on any atom is 0.350 e. The van der Waals surface area contributed by atoms with Gasteiger partial charge in [-0.25, -0.2) is 9.78 Å². The third-order valence-corrected chi connectivity index (χ3v) is 6.44. The van der Waals surface area contributed by atoms with Crippen molar-refractivity contribution in [1.82, 2.24) is 4.98 Å². The molecule has 1 saturated heterocycles. The van der Waals surface area contributed by atoms with Crippen LogP contribution in [0.25, 0.3) is 17.0 Å². The van der Waals surface area contributed by atoms with Crippen LogP contribution in [-0.2, 0) is 14.3 Å². The second kappa shape index (κ2) is 11.2. The predicted molar refractivity (Wildman–Crippen MR) is 155 cm³/mol. The minimum atomic E-state index is -1.16. The van der Waals surface area contributed by atoms with E-state index >= 15 is 0 Å². The van der Waals surface area contributed by atoms with Crippen LogP contribution < -0.4 is 9.64 Å². The Morgan fingerprint density at radius 1 is 0.974 bits per heavy atom. The van der Waals surface area contributed by atoms with Gasteiger partial charge in [0.1, 0.15) is 17.2 Å². The first-order valence-corrected chi connectivity index (χ1v) is 13.3. The van der Waals surface area contributed by atoms with Crippen molar-refractivity contribution in [2.75, 3.05) is 31.2 Å². The van der Waals surface area contributed by atoms with Crippen LogP contribution in [0, 0.1) is 13.8 Å². The molecule has 1 aliphatic rings. The zero-order chi connectivity index (χ0) is 28.4. The Kier molecular flexibility index (Phi) is 8.12. The average Bonchev–Trinajstić information content (AvgIpc) is 2.88. The van der Waals surface area contributed by atoms with Gasteiger partial charge in [0.2, 0.25) is 0 Å². The molecule has 7 nitrogen and oxygen atoms in total. The first kappa shape index (κ1) is 28.3. The third-order valence-electron chi connectivity index (χ3n) is 6.44. The standard InChI is InChI=1S/C32H38N2O5/c1-21-18-23(19-22(2)28(21)38-32(6,7)30(36)39-31(3,4)5)12-13-27(35)25-20-24-10-8-9-11-26(24)33-29(25)34-14-16-37-17-15-34/h8-13,18-20H,14-17H2,1-7H3/b13-12+. The number of pyridine rings is 1. The number of rotatable bonds is 7. The summed E-state index contributed by atoms with van der Waals surface area (Å²) in [5, 5.41) is 0.923. The largest absolute Gasteiger partial charge is 0.476 e. The van der Waals surface area contributed by atoms with E-state index in [9.17, 15) is 9.59 Å². The van der Waals surface area contributed by atoms with E-state index in [1.807, 2.05) is 83.2 Å². The molecule has 3 aromatic rings. The second-order valence-corrected chi connectivity index (χ2v) is 11.4. The van der Waals surface area contributed by atoms with Crippen LogP contribution in [0.3, 0.4) is 0 Å². The van der Waals surface area contributed by atoms with Gasteiger partial charge in [-0.1, -0.05) is 24.3 Å². The molecule has 2 heterocycles. The number of ketones is 1. The number of esters is 1. The molecule has 0 unspecified atom stereocenters. The Balaban J connectivity index is 1.59. The Bertz CT molecular complexity index is 1390. The van der Waals surface area contributed by atoms with Crippen molar-refractivity contribution in [3.63, 3.8) is 0 Å². The number of morpholine rings is 1. The minimum absolute atomic E-state index is 0.114. The molecule has 0 amide bonds. The number of hydrogen-bond donors (Lipinski definition) is 0. The highest BCUT2D eigenvalue weighted by atomic mass is 16.6. The fourth-order valence-corrected chi connectivity index (χ4v) is 4.50. The fraction of sp³-hybridized carbons (Fsp3) is 0.406. The molecule has 7 heteroatoms. The summed E-state index contributed by atoms with van der Waals surface area (Å²) < 4.78 is 17.2. The number of aromatic nitrogens is 1. The maximum atomic E-state index is 13.5. The molecule has 0 radical (unpaired) electrons. The highest BCUT2D eigenvalue weighted by Gasteiger charge is 2.35. The molecule has 1 fully saturated rings. The van der Waals surface area contributed by atoms with Gasteiger partial charge >= 0.3 is 5.97 Å². The van der Waals surface area contributed by atoms with E-state index in [0.29, 0.717) is 43.4 Å². The van der Waals surface area contributed by atoms with Gasteiger partial charge in [-0.05, 0) is 95.5 Å². The predicted octanol–water partition coefficient (Wildman–Crippen LogP) is 6.08. The summed E-state index contributed by atoms with van der Waals surface area (Å²) in [5.41, 5.74) is 2.25. The van der Waals surface area contributed by atoms with E-state index < -0.39 is 17.2 Å². The number of fused-ring (bicyclic) bond motifs is 1. The number of aryl methyl sites for hydroxylation is 2. The molecule has 0 spiro atoms. The number of benzene rings is 2. The van der Waals surface area contributed by atoms with E-state index in [1.165, 1.54) is 0 Å². The van der Waals surface area contributed by atoms with Crippen molar-refractivity contribution < 1.29 is 23.8 Å². The van der Waals surface area contributed by atoms with E-state index in [1.54, 1.807) is 19.9 Å². The van der Waals surface area contributed by atoms with Crippen molar-refractivity contribution in [2.24, 2.45) is 0 Å². The molecule has 1 aliphatic heterocycles. The van der Waals surface area contributed by atoms with E-state index in [2.05, 4.69) is 4.90 Å². The van der Waals surface area contributed by atoms with Crippen LogP contribution >= 0.6 is 0 Å². The summed E-state index contributed by atoms with van der Waals surface area (Å²) in [5.74, 6) is 0.773. The van der Waals surface area contributed by atoms with Crippen LogP contribution in [0.5, 0.6) is 5.75 Å². The van der Waals surface area contributed by atoms with Crippen molar-refractivity contribution >= 4 is 34.5 Å². The van der Waals surface area contributed by atoms with Gasteiger partial charge in [0, 0.05) is 18.5 Å². The molecule has 0 N–H and O–H groups in total. The number of carbonyl (C=O) groups is 2. The highest BCUT2D eigenvalue weighted by molar-refractivity contribution is 6.11. The van der Waals surface area contributed by atoms with Crippen molar-refractivity contribution in [1.29, 1.82) is 0 Å². The molecule has 1 aromatic heterocycles. The second-order valence-electron chi connectivity index (χ2n) is 11.4. The molecule has 0 aliphatic carbocycles. The lowest BCUT2D eigenvalue weighted by atomic mass is 10.0. The topological polar surface area (TPSA) is 78.0 Å². The van der Waals surface area contributed by atoms with Crippen LogP contribution in [0.2, 0.25) is 0 Å². The van der Waals surface area contributed by atoms with Crippen LogP contribution in [0.4, 0.5) is 5.82 Å². The normalized spacial score (nSPS) is 14.6. The summed E-state index contributed by atoms with van der Waals surface area (Å²) in [6.45, 7) is 15.3. The molecule has 206 valence electrons. The fourth-order valence-electron chi connectivity index (χ4n) is 4.50. The molecule has 0 atom stereocenters. The highest BCUT2D eigenvalue weighted by Crippen LogP contribution is 2.31. The van der Waals surface area contributed by atoms with Crippen molar-refractivity contribution in [3.05, 3.63) is 70.8 Å². The average molecular weight is 531 g/mol. The Labute approximate surface area is 230 Å². The van der Waals surface area contributed by atoms with Crippen LogP contribution in [0.15, 0.2) is 48.5 Å². The number of nitrogens with zero attached hydrogens (tertiary/aromatic N) is 2. The number of para-hydroxylation sites is 1. The van der Waals surface area contributed by atoms with Gasteiger partial charge in [-0.15, -0.1) is 0 Å². The molecule has 0 saturated carbocycles. The van der Waals surface area contributed by atoms with Gasteiger partial charge in [0.05, 0.1) is 24.3 Å². The minimum Gasteiger partial charge on any atom is -0.476 e.